The number of nitriles is 1. The van der Waals surface area contributed by atoms with Crippen molar-refractivity contribution in [1.29, 1.82) is 5.26 Å². The van der Waals surface area contributed by atoms with Crippen LogP contribution in [0.25, 0.3) is 10.9 Å². The summed E-state index contributed by atoms with van der Waals surface area (Å²) in [4.78, 5) is 19.6. The van der Waals surface area contributed by atoms with E-state index >= 15 is 0 Å². The summed E-state index contributed by atoms with van der Waals surface area (Å²) in [7, 11) is 1.59. The minimum atomic E-state index is -0.555. The molecular weight excluding hydrogens is 664 g/mol. The molecule has 0 radical (unpaired) electrons. The zero-order valence-corrected chi connectivity index (χ0v) is 29.1. The minimum absolute atomic E-state index is 0.0584. The van der Waals surface area contributed by atoms with Crippen LogP contribution in [-0.2, 0) is 0 Å². The minimum Gasteiger partial charge on any atom is -0.373 e. The molecule has 1 fully saturated rings. The number of nitrogens with one attached hydrogen (secondary N) is 3. The number of hydrogen-bond acceptors (Lipinski definition) is 8. The molecule has 10 nitrogen and oxygen atoms in total. The number of amides is 1. The first kappa shape index (κ1) is 34.1. The lowest BCUT2D eigenvalue weighted by Gasteiger charge is -2.40. The van der Waals surface area contributed by atoms with Crippen LogP contribution < -0.4 is 16.0 Å². The van der Waals surface area contributed by atoms with E-state index in [0.717, 1.165) is 31.5 Å². The largest absolute Gasteiger partial charge is 0.373 e. The topological polar surface area (TPSA) is 124 Å². The molecule has 252 valence electrons. The van der Waals surface area contributed by atoms with Crippen molar-refractivity contribution in [2.75, 3.05) is 30.8 Å². The van der Waals surface area contributed by atoms with Gasteiger partial charge < -0.3 is 16.0 Å². The Morgan fingerprint density at radius 1 is 1.06 bits per heavy atom. The summed E-state index contributed by atoms with van der Waals surface area (Å²) in [6.07, 6.45) is 5.30. The van der Waals surface area contributed by atoms with Gasteiger partial charge in [-0.3, -0.25) is 14.7 Å². The molecule has 1 aliphatic heterocycles. The highest BCUT2D eigenvalue weighted by Crippen LogP contribution is 2.37. The standard InChI is InChI=1S/C36H36Cl2FN9O/c1-36(2,3)47-12-10-26(11-13-47)48-20-31(45-46-48)33(21-6-5-7-22(14-21)35(49)41-4)44-25-15-27-32(43-24-8-9-30(39)28(37)16-24)23(18-40)19-42-34(27)29(38)17-25/h5-9,14-17,19-20,26,33,44H,10-13H2,1-4H3,(H,41,49)(H,42,43)/t33-/m0/s1. The van der Waals surface area contributed by atoms with Gasteiger partial charge in [0.2, 0.25) is 0 Å². The maximum absolute atomic E-state index is 13.9. The zero-order valence-electron chi connectivity index (χ0n) is 27.6. The number of nitrogens with zero attached hydrogens (tertiary/aromatic N) is 6. The fourth-order valence-corrected chi connectivity index (χ4v) is 6.63. The second kappa shape index (κ2) is 14.0. The Hall–Kier alpha value is -4.76. The Labute approximate surface area is 294 Å². The van der Waals surface area contributed by atoms with Gasteiger partial charge in [0.05, 0.1) is 45.1 Å². The van der Waals surface area contributed by atoms with Gasteiger partial charge in [-0.05, 0) is 81.6 Å². The third kappa shape index (κ3) is 7.32. The molecule has 3 aromatic carbocycles. The van der Waals surface area contributed by atoms with Gasteiger partial charge in [-0.1, -0.05) is 40.5 Å². The monoisotopic (exact) mass is 699 g/mol. The van der Waals surface area contributed by atoms with Crippen LogP contribution >= 0.6 is 23.2 Å². The van der Waals surface area contributed by atoms with Crippen LogP contribution in [0.1, 0.15) is 72.9 Å². The molecule has 0 spiro atoms. The summed E-state index contributed by atoms with van der Waals surface area (Å²) < 4.78 is 15.9. The van der Waals surface area contributed by atoms with Crippen molar-refractivity contribution < 1.29 is 9.18 Å². The predicted molar refractivity (Wildman–Crippen MR) is 191 cm³/mol. The first-order valence-corrected chi connectivity index (χ1v) is 16.7. The number of halogens is 3. The summed E-state index contributed by atoms with van der Waals surface area (Å²) >= 11 is 12.9. The van der Waals surface area contributed by atoms with E-state index in [4.69, 9.17) is 23.2 Å². The van der Waals surface area contributed by atoms with Gasteiger partial charge in [-0.2, -0.15) is 5.26 Å². The van der Waals surface area contributed by atoms with Crippen LogP contribution in [0.3, 0.4) is 0 Å². The summed E-state index contributed by atoms with van der Waals surface area (Å²) in [6.45, 7) is 8.63. The van der Waals surface area contributed by atoms with E-state index in [1.807, 2.05) is 35.1 Å². The van der Waals surface area contributed by atoms with E-state index in [0.29, 0.717) is 44.2 Å². The van der Waals surface area contributed by atoms with Gasteiger partial charge in [0.25, 0.3) is 5.91 Å². The number of hydrogen-bond donors (Lipinski definition) is 3. The summed E-state index contributed by atoms with van der Waals surface area (Å²) in [5.41, 5.74) is 4.31. The molecule has 0 saturated carbocycles. The Morgan fingerprint density at radius 3 is 2.51 bits per heavy atom. The van der Waals surface area contributed by atoms with Crippen LogP contribution in [0, 0.1) is 17.1 Å². The molecule has 1 atom stereocenters. The highest BCUT2D eigenvalue weighted by molar-refractivity contribution is 6.36. The van der Waals surface area contributed by atoms with Crippen molar-refractivity contribution in [3.8, 4) is 6.07 Å². The molecule has 3 N–H and O–H groups in total. The first-order valence-electron chi connectivity index (χ1n) is 15.9. The Kier molecular flexibility index (Phi) is 9.75. The highest BCUT2D eigenvalue weighted by Gasteiger charge is 2.29. The number of carbonyl (C=O) groups excluding carboxylic acids is 1. The number of rotatable bonds is 8. The number of carbonyl (C=O) groups is 1. The van der Waals surface area contributed by atoms with Crippen LogP contribution in [-0.4, -0.2) is 56.5 Å². The normalized spacial score (nSPS) is 14.7. The number of anilines is 3. The van der Waals surface area contributed by atoms with Gasteiger partial charge in [-0.25, -0.2) is 9.07 Å². The third-order valence-electron chi connectivity index (χ3n) is 8.87. The molecule has 6 rings (SSSR count). The molecule has 0 aliphatic carbocycles. The van der Waals surface area contributed by atoms with E-state index in [1.165, 1.54) is 24.4 Å². The van der Waals surface area contributed by atoms with E-state index in [2.05, 4.69) is 63.0 Å². The lowest BCUT2D eigenvalue weighted by Crippen LogP contribution is -2.46. The van der Waals surface area contributed by atoms with Gasteiger partial charge in [0, 0.05) is 54.2 Å². The fourth-order valence-electron chi connectivity index (χ4n) is 6.18. The lowest BCUT2D eigenvalue weighted by molar-refractivity contribution is 0.0865. The van der Waals surface area contributed by atoms with Crippen molar-refractivity contribution >= 4 is 57.1 Å². The van der Waals surface area contributed by atoms with Crippen molar-refractivity contribution in [1.82, 2.24) is 30.2 Å². The molecule has 1 saturated heterocycles. The van der Waals surface area contributed by atoms with Crippen LogP contribution in [0.2, 0.25) is 10.0 Å². The van der Waals surface area contributed by atoms with E-state index in [1.54, 1.807) is 19.2 Å². The van der Waals surface area contributed by atoms with Crippen molar-refractivity contribution in [2.45, 2.75) is 51.2 Å². The van der Waals surface area contributed by atoms with E-state index in [-0.39, 0.29) is 28.1 Å². The Morgan fingerprint density at radius 2 is 1.82 bits per heavy atom. The van der Waals surface area contributed by atoms with Gasteiger partial charge in [0.1, 0.15) is 17.6 Å². The molecule has 5 aromatic rings. The number of aromatic nitrogens is 4. The summed E-state index contributed by atoms with van der Waals surface area (Å²) in [6, 6.07) is 17.0. The van der Waals surface area contributed by atoms with Crippen LogP contribution in [0.5, 0.6) is 0 Å². The van der Waals surface area contributed by atoms with Crippen molar-refractivity contribution in [2.24, 2.45) is 0 Å². The Bertz CT molecular complexity index is 2060. The number of pyridine rings is 1. The fraction of sp³-hybridized carbons (Fsp3) is 0.306. The highest BCUT2D eigenvalue weighted by atomic mass is 35.5. The number of benzene rings is 3. The van der Waals surface area contributed by atoms with Crippen molar-refractivity contribution in [3.05, 3.63) is 105 Å². The number of piperidine rings is 1. The predicted octanol–water partition coefficient (Wildman–Crippen LogP) is 7.88. The summed E-state index contributed by atoms with van der Waals surface area (Å²) in [5, 5.41) is 29.5. The summed E-state index contributed by atoms with van der Waals surface area (Å²) in [5.74, 6) is -0.768. The number of likely N-dealkylation sites (tertiary alicyclic amines) is 1. The molecule has 0 bridgehead atoms. The Balaban J connectivity index is 1.39. The molecule has 0 unspecified atom stereocenters. The average molecular weight is 701 g/mol. The van der Waals surface area contributed by atoms with Gasteiger partial charge >= 0.3 is 0 Å². The lowest BCUT2D eigenvalue weighted by atomic mass is 9.98. The second-order valence-electron chi connectivity index (χ2n) is 13.1. The zero-order chi connectivity index (χ0) is 34.9. The van der Waals surface area contributed by atoms with Gasteiger partial charge in [0.15, 0.2) is 0 Å². The number of fused-ring (bicyclic) bond motifs is 1. The molecule has 1 amide bonds. The molecular formula is C36H36Cl2FN9O. The van der Waals surface area contributed by atoms with Crippen molar-refractivity contribution in [3.63, 3.8) is 0 Å². The SMILES string of the molecule is CNC(=O)c1cccc([C@H](Nc2cc(Cl)c3ncc(C#N)c(Nc4ccc(F)c(Cl)c4)c3c2)c2cn(C3CCN(C(C)(C)C)CC3)nn2)c1. The van der Waals surface area contributed by atoms with Gasteiger partial charge in [-0.15, -0.1) is 5.10 Å². The smallest absolute Gasteiger partial charge is 0.251 e. The quantitative estimate of drug-likeness (QED) is 0.149. The molecule has 2 aromatic heterocycles. The average Bonchev–Trinajstić information content (AvgIpc) is 3.58. The first-order chi connectivity index (χ1) is 23.4. The van der Waals surface area contributed by atoms with Crippen LogP contribution in [0.15, 0.2) is 67.0 Å². The molecule has 3 heterocycles. The molecule has 13 heteroatoms. The van der Waals surface area contributed by atoms with E-state index in [9.17, 15) is 14.4 Å². The van der Waals surface area contributed by atoms with E-state index < -0.39 is 11.9 Å². The molecule has 49 heavy (non-hydrogen) atoms. The third-order valence-corrected chi connectivity index (χ3v) is 9.44. The second-order valence-corrected chi connectivity index (χ2v) is 13.9. The van der Waals surface area contributed by atoms with Crippen LogP contribution in [0.4, 0.5) is 21.5 Å². The molecule has 1 aliphatic rings. The maximum Gasteiger partial charge on any atom is 0.251 e. The maximum atomic E-state index is 13.9.